The number of halogens is 1. The first-order valence-electron chi connectivity index (χ1n) is 3.40. The smallest absolute Gasteiger partial charge is 0.125 e. The van der Waals surface area contributed by atoms with Crippen molar-refractivity contribution in [3.63, 3.8) is 0 Å². The van der Waals surface area contributed by atoms with Crippen molar-refractivity contribution in [2.45, 2.75) is 11.8 Å². The predicted octanol–water partition coefficient (Wildman–Crippen LogP) is 1.56. The molecule has 1 saturated carbocycles. The Bertz CT molecular complexity index is 238. The highest BCUT2D eigenvalue weighted by atomic mass is 35.5. The van der Waals surface area contributed by atoms with Crippen LogP contribution < -0.4 is 0 Å². The molecule has 0 heterocycles. The largest absolute Gasteiger partial charge is 0.233 e. The normalized spacial score (nSPS) is 42.5. The van der Waals surface area contributed by atoms with Gasteiger partial charge in [0.25, 0.3) is 0 Å². The zero-order valence-corrected chi connectivity index (χ0v) is 6.14. The van der Waals surface area contributed by atoms with Crippen LogP contribution in [0.1, 0.15) is 6.42 Å². The van der Waals surface area contributed by atoms with Gasteiger partial charge in [-0.1, -0.05) is 12.2 Å². The number of carbonyl (C=O) groups excluding carboxylic acids is 1. The molecule has 0 N–H and O–H groups in total. The van der Waals surface area contributed by atoms with Crippen LogP contribution in [0.25, 0.3) is 0 Å². The third kappa shape index (κ3) is 0.622. The molecule has 0 aliphatic heterocycles. The van der Waals surface area contributed by atoms with Crippen LogP contribution in [0.4, 0.5) is 0 Å². The van der Waals surface area contributed by atoms with E-state index in [1.165, 1.54) is 0 Å². The lowest BCUT2D eigenvalue weighted by Gasteiger charge is -2.09. The lowest BCUT2D eigenvalue weighted by atomic mass is 10.0. The van der Waals surface area contributed by atoms with Gasteiger partial charge < -0.3 is 0 Å². The second-order valence-corrected chi connectivity index (χ2v) is 3.32. The third-order valence-electron chi connectivity index (χ3n) is 2.31. The van der Waals surface area contributed by atoms with Gasteiger partial charge in [0.15, 0.2) is 0 Å². The van der Waals surface area contributed by atoms with Crippen LogP contribution in [0, 0.1) is 11.8 Å². The molecule has 2 bridgehead atoms. The summed E-state index contributed by atoms with van der Waals surface area (Å²) in [6.07, 6.45) is 5.19. The molecular weight excluding hydrogens is 148 g/mol. The molecule has 2 aliphatic rings. The molecule has 0 spiro atoms. The molecule has 2 rings (SSSR count). The molecule has 3 atom stereocenters. The minimum Gasteiger partial charge on any atom is -0.233 e. The molecule has 3 unspecified atom stereocenters. The van der Waals surface area contributed by atoms with Crippen molar-refractivity contribution >= 4 is 17.5 Å². The number of rotatable bonds is 0. The monoisotopic (exact) mass is 154 g/mol. The van der Waals surface area contributed by atoms with Gasteiger partial charge in [0.2, 0.25) is 0 Å². The van der Waals surface area contributed by atoms with E-state index >= 15 is 0 Å². The van der Waals surface area contributed by atoms with Gasteiger partial charge in [-0.2, -0.15) is 0 Å². The molecule has 2 heteroatoms. The number of allylic oxidation sites excluding steroid dienone is 3. The highest BCUT2D eigenvalue weighted by Crippen LogP contribution is 2.44. The maximum atomic E-state index is 10.3. The maximum absolute atomic E-state index is 10.3. The van der Waals surface area contributed by atoms with E-state index in [1.807, 2.05) is 5.94 Å². The molecule has 10 heavy (non-hydrogen) atoms. The van der Waals surface area contributed by atoms with E-state index in [9.17, 15) is 4.79 Å². The SMILES string of the molecule is O=C=C1C2C=CC(C2)C1Cl. The van der Waals surface area contributed by atoms with Crippen LogP contribution in [-0.4, -0.2) is 11.3 Å². The molecule has 0 radical (unpaired) electrons. The summed E-state index contributed by atoms with van der Waals surface area (Å²) in [4.78, 5) is 10.3. The van der Waals surface area contributed by atoms with Crippen LogP contribution in [0.5, 0.6) is 0 Å². The van der Waals surface area contributed by atoms with E-state index in [4.69, 9.17) is 11.6 Å². The zero-order valence-electron chi connectivity index (χ0n) is 5.38. The van der Waals surface area contributed by atoms with Gasteiger partial charge in [-0.3, -0.25) is 0 Å². The first-order chi connectivity index (χ1) is 4.83. The van der Waals surface area contributed by atoms with E-state index in [-0.39, 0.29) is 5.38 Å². The Hall–Kier alpha value is -0.520. The predicted molar refractivity (Wildman–Crippen MR) is 39.6 cm³/mol. The molecule has 1 fully saturated rings. The van der Waals surface area contributed by atoms with Gasteiger partial charge in [-0.25, -0.2) is 4.79 Å². The molecule has 2 aliphatic carbocycles. The van der Waals surface area contributed by atoms with Crippen molar-refractivity contribution in [2.24, 2.45) is 11.8 Å². The summed E-state index contributed by atoms with van der Waals surface area (Å²) in [5, 5.41) is -0.0625. The van der Waals surface area contributed by atoms with Gasteiger partial charge in [0.05, 0.1) is 5.38 Å². The van der Waals surface area contributed by atoms with E-state index in [0.717, 1.165) is 12.0 Å². The molecule has 0 aromatic carbocycles. The second kappa shape index (κ2) is 1.98. The maximum Gasteiger partial charge on any atom is 0.125 e. The van der Waals surface area contributed by atoms with Crippen LogP contribution in [-0.2, 0) is 4.79 Å². The van der Waals surface area contributed by atoms with Crippen LogP contribution in [0.2, 0.25) is 0 Å². The Kier molecular flexibility index (Phi) is 1.23. The van der Waals surface area contributed by atoms with E-state index in [1.54, 1.807) is 0 Å². The topological polar surface area (TPSA) is 17.1 Å². The minimum absolute atomic E-state index is 0.0625. The number of fused-ring (bicyclic) bond motifs is 2. The van der Waals surface area contributed by atoms with Crippen LogP contribution in [0.3, 0.4) is 0 Å². The number of hydrogen-bond acceptors (Lipinski definition) is 1. The van der Waals surface area contributed by atoms with E-state index < -0.39 is 0 Å². The molecule has 0 saturated heterocycles. The molecular formula is C8H7ClO. The van der Waals surface area contributed by atoms with Crippen molar-refractivity contribution in [3.8, 4) is 0 Å². The summed E-state index contributed by atoms with van der Waals surface area (Å²) in [6.45, 7) is 0. The molecule has 0 aromatic rings. The van der Waals surface area contributed by atoms with Crippen molar-refractivity contribution < 1.29 is 4.79 Å². The Morgan fingerprint density at radius 1 is 1.60 bits per heavy atom. The average Bonchev–Trinajstić information content (AvgIpc) is 2.46. The van der Waals surface area contributed by atoms with Gasteiger partial charge in [-0.15, -0.1) is 11.6 Å². The van der Waals surface area contributed by atoms with Crippen molar-refractivity contribution in [3.05, 3.63) is 17.7 Å². The summed E-state index contributed by atoms with van der Waals surface area (Å²) in [5.74, 6) is 2.64. The van der Waals surface area contributed by atoms with Gasteiger partial charge in [-0.05, 0) is 12.3 Å². The Morgan fingerprint density at radius 2 is 2.40 bits per heavy atom. The standard InChI is InChI=1S/C8H7ClO/c9-8-6-2-1-5(3-6)7(8)4-10/h1-2,5-6,8H,3H2. The summed E-state index contributed by atoms with van der Waals surface area (Å²) in [5.41, 5.74) is 0.758. The minimum atomic E-state index is -0.0625. The van der Waals surface area contributed by atoms with Crippen molar-refractivity contribution in [2.75, 3.05) is 0 Å². The molecule has 52 valence electrons. The molecule has 0 amide bonds. The summed E-state index contributed by atoms with van der Waals surface area (Å²) in [6, 6.07) is 0. The fourth-order valence-corrected chi connectivity index (χ4v) is 2.14. The fourth-order valence-electron chi connectivity index (χ4n) is 1.74. The zero-order chi connectivity index (χ0) is 7.14. The lowest BCUT2D eigenvalue weighted by molar-refractivity contribution is 0.564. The molecule has 1 nitrogen and oxygen atoms in total. The van der Waals surface area contributed by atoms with Crippen LogP contribution in [0.15, 0.2) is 17.7 Å². The summed E-state index contributed by atoms with van der Waals surface area (Å²) >= 11 is 5.92. The van der Waals surface area contributed by atoms with Crippen LogP contribution >= 0.6 is 11.6 Å². The average molecular weight is 155 g/mol. The first kappa shape index (κ1) is 6.21. The Balaban J connectivity index is 2.43. The first-order valence-corrected chi connectivity index (χ1v) is 3.84. The fraction of sp³-hybridized carbons (Fsp3) is 0.500. The quantitative estimate of drug-likeness (QED) is 0.294. The lowest BCUT2D eigenvalue weighted by Crippen LogP contribution is -2.09. The summed E-state index contributed by atoms with van der Waals surface area (Å²) in [7, 11) is 0. The summed E-state index contributed by atoms with van der Waals surface area (Å²) < 4.78 is 0. The Labute approximate surface area is 64.4 Å². The van der Waals surface area contributed by atoms with E-state index in [2.05, 4.69) is 12.2 Å². The van der Waals surface area contributed by atoms with Gasteiger partial charge in [0.1, 0.15) is 5.94 Å². The van der Waals surface area contributed by atoms with Gasteiger partial charge in [0, 0.05) is 11.5 Å². The van der Waals surface area contributed by atoms with Gasteiger partial charge >= 0.3 is 0 Å². The second-order valence-electron chi connectivity index (χ2n) is 2.85. The van der Waals surface area contributed by atoms with Crippen molar-refractivity contribution in [1.29, 1.82) is 0 Å². The molecule has 0 aromatic heterocycles. The Morgan fingerprint density at radius 3 is 2.80 bits per heavy atom. The van der Waals surface area contributed by atoms with E-state index in [0.29, 0.717) is 11.8 Å². The highest BCUT2D eigenvalue weighted by Gasteiger charge is 2.39. The number of alkyl halides is 1. The highest BCUT2D eigenvalue weighted by molar-refractivity contribution is 6.24. The van der Waals surface area contributed by atoms with Crippen molar-refractivity contribution in [1.82, 2.24) is 0 Å². The number of hydrogen-bond donors (Lipinski definition) is 0. The third-order valence-corrected chi connectivity index (χ3v) is 2.87.